The van der Waals surface area contributed by atoms with Gasteiger partial charge in [-0.15, -0.1) is 0 Å². The highest BCUT2D eigenvalue weighted by atomic mass is 15.2. The maximum Gasteiger partial charge on any atom is 0.0233 e. The molecule has 2 aliphatic rings. The third-order valence-electron chi connectivity index (χ3n) is 4.22. The topological polar surface area (TPSA) is 3.24 Å². The number of likely N-dealkylation sites (tertiary alicyclic amines) is 1. The van der Waals surface area contributed by atoms with Gasteiger partial charge in [-0.1, -0.05) is 37.3 Å². The van der Waals surface area contributed by atoms with Crippen LogP contribution in [0.5, 0.6) is 0 Å². The van der Waals surface area contributed by atoms with Crippen molar-refractivity contribution >= 4 is 0 Å². The normalized spacial score (nSPS) is 34.9. The lowest BCUT2D eigenvalue weighted by atomic mass is 9.68. The van der Waals surface area contributed by atoms with Crippen molar-refractivity contribution in [1.29, 1.82) is 0 Å². The van der Waals surface area contributed by atoms with Gasteiger partial charge >= 0.3 is 0 Å². The van der Waals surface area contributed by atoms with Crippen molar-refractivity contribution in [3.05, 3.63) is 35.9 Å². The number of hydrogen-bond acceptors (Lipinski definition) is 1. The SMILES string of the molecule is CC1CC2CN(Cc3ccccc3)CC12. The third-order valence-corrected chi connectivity index (χ3v) is 4.22. The second kappa shape index (κ2) is 3.64. The molecule has 1 aromatic rings. The first-order chi connectivity index (χ1) is 7.33. The Bertz CT molecular complexity index is 332. The summed E-state index contributed by atoms with van der Waals surface area (Å²) in [7, 11) is 0. The van der Waals surface area contributed by atoms with Crippen LogP contribution in [0.4, 0.5) is 0 Å². The lowest BCUT2D eigenvalue weighted by molar-refractivity contribution is 0.139. The summed E-state index contributed by atoms with van der Waals surface area (Å²) in [6.45, 7) is 6.23. The van der Waals surface area contributed by atoms with Gasteiger partial charge in [-0.2, -0.15) is 0 Å². The largest absolute Gasteiger partial charge is 0.299 e. The van der Waals surface area contributed by atoms with E-state index in [9.17, 15) is 0 Å². The van der Waals surface area contributed by atoms with Crippen LogP contribution in [0.1, 0.15) is 18.9 Å². The molecule has 1 aromatic carbocycles. The maximum atomic E-state index is 2.63. The Labute approximate surface area is 92.1 Å². The minimum absolute atomic E-state index is 0.982. The van der Waals surface area contributed by atoms with E-state index in [4.69, 9.17) is 0 Å². The molecule has 2 fully saturated rings. The molecule has 1 saturated heterocycles. The minimum Gasteiger partial charge on any atom is -0.299 e. The summed E-state index contributed by atoms with van der Waals surface area (Å²) in [4.78, 5) is 2.63. The quantitative estimate of drug-likeness (QED) is 0.711. The van der Waals surface area contributed by atoms with Gasteiger partial charge in [-0.3, -0.25) is 4.90 Å². The molecule has 1 nitrogen and oxygen atoms in total. The average Bonchev–Trinajstić information content (AvgIpc) is 2.57. The molecule has 1 heteroatoms. The van der Waals surface area contributed by atoms with E-state index in [0.717, 1.165) is 24.3 Å². The van der Waals surface area contributed by atoms with Gasteiger partial charge in [0.15, 0.2) is 0 Å². The molecule has 0 aromatic heterocycles. The fourth-order valence-corrected chi connectivity index (χ4v) is 3.31. The molecule has 80 valence electrons. The van der Waals surface area contributed by atoms with Gasteiger partial charge in [0.1, 0.15) is 0 Å². The highest BCUT2D eigenvalue weighted by Crippen LogP contribution is 2.45. The molecule has 3 rings (SSSR count). The second-order valence-electron chi connectivity index (χ2n) is 5.32. The predicted molar refractivity (Wildman–Crippen MR) is 62.5 cm³/mol. The van der Waals surface area contributed by atoms with Crippen LogP contribution in [0.15, 0.2) is 30.3 Å². The minimum atomic E-state index is 0.982. The first kappa shape index (κ1) is 9.41. The van der Waals surface area contributed by atoms with Crippen LogP contribution in [0, 0.1) is 17.8 Å². The maximum absolute atomic E-state index is 2.63. The molecule has 1 heterocycles. The van der Waals surface area contributed by atoms with Gasteiger partial charge in [0, 0.05) is 19.6 Å². The summed E-state index contributed by atoms with van der Waals surface area (Å²) in [5.41, 5.74) is 1.46. The summed E-state index contributed by atoms with van der Waals surface area (Å²) in [5, 5.41) is 0. The van der Waals surface area contributed by atoms with E-state index in [-0.39, 0.29) is 0 Å². The van der Waals surface area contributed by atoms with Crippen molar-refractivity contribution < 1.29 is 0 Å². The summed E-state index contributed by atoms with van der Waals surface area (Å²) in [6.07, 6.45) is 1.47. The lowest BCUT2D eigenvalue weighted by Crippen LogP contribution is -2.33. The van der Waals surface area contributed by atoms with Gasteiger partial charge in [0.2, 0.25) is 0 Å². The predicted octanol–water partition coefficient (Wildman–Crippen LogP) is 2.77. The van der Waals surface area contributed by atoms with Crippen LogP contribution in [0.3, 0.4) is 0 Å². The Kier molecular flexibility index (Phi) is 2.28. The molecular formula is C14H19N. The number of fused-ring (bicyclic) bond motifs is 1. The van der Waals surface area contributed by atoms with Crippen molar-refractivity contribution in [1.82, 2.24) is 4.90 Å². The second-order valence-corrected chi connectivity index (χ2v) is 5.32. The van der Waals surface area contributed by atoms with Gasteiger partial charge in [-0.05, 0) is 29.7 Å². The fourth-order valence-electron chi connectivity index (χ4n) is 3.31. The molecule has 3 unspecified atom stereocenters. The Morgan fingerprint density at radius 3 is 2.67 bits per heavy atom. The van der Waals surface area contributed by atoms with Gasteiger partial charge < -0.3 is 0 Å². The molecule has 0 amide bonds. The van der Waals surface area contributed by atoms with Gasteiger partial charge in [-0.25, -0.2) is 0 Å². The van der Waals surface area contributed by atoms with Crippen molar-refractivity contribution in [2.75, 3.05) is 13.1 Å². The zero-order valence-corrected chi connectivity index (χ0v) is 9.39. The number of hydrogen-bond donors (Lipinski definition) is 0. The molecular weight excluding hydrogens is 182 g/mol. The molecule has 1 saturated carbocycles. The molecule has 0 spiro atoms. The summed E-state index contributed by atoms with van der Waals surface area (Å²) in [6, 6.07) is 10.9. The lowest BCUT2D eigenvalue weighted by Gasteiger charge is -2.36. The molecule has 0 bridgehead atoms. The van der Waals surface area contributed by atoms with Gasteiger partial charge in [0.25, 0.3) is 0 Å². The van der Waals surface area contributed by atoms with Crippen molar-refractivity contribution in [3.63, 3.8) is 0 Å². The van der Waals surface area contributed by atoms with E-state index in [1.807, 2.05) is 0 Å². The van der Waals surface area contributed by atoms with Gasteiger partial charge in [0.05, 0.1) is 0 Å². The van der Waals surface area contributed by atoms with E-state index in [1.54, 1.807) is 0 Å². The zero-order chi connectivity index (χ0) is 10.3. The summed E-state index contributed by atoms with van der Waals surface area (Å²) in [5.74, 6) is 3.01. The average molecular weight is 201 g/mol. The zero-order valence-electron chi connectivity index (χ0n) is 9.39. The smallest absolute Gasteiger partial charge is 0.0233 e. The van der Waals surface area contributed by atoms with Crippen LogP contribution in [0.2, 0.25) is 0 Å². The Morgan fingerprint density at radius 1 is 1.20 bits per heavy atom. The Balaban J connectivity index is 1.62. The first-order valence-electron chi connectivity index (χ1n) is 6.09. The van der Waals surface area contributed by atoms with Crippen LogP contribution >= 0.6 is 0 Å². The Morgan fingerprint density at radius 2 is 2.00 bits per heavy atom. The molecule has 1 aliphatic carbocycles. The molecule has 1 aliphatic heterocycles. The first-order valence-corrected chi connectivity index (χ1v) is 6.09. The Hall–Kier alpha value is -0.820. The van der Waals surface area contributed by atoms with E-state index < -0.39 is 0 Å². The van der Waals surface area contributed by atoms with Crippen LogP contribution in [-0.4, -0.2) is 18.0 Å². The highest BCUT2D eigenvalue weighted by molar-refractivity contribution is 5.15. The number of nitrogens with zero attached hydrogens (tertiary/aromatic N) is 1. The molecule has 0 N–H and O–H groups in total. The van der Waals surface area contributed by atoms with E-state index >= 15 is 0 Å². The highest BCUT2D eigenvalue weighted by Gasteiger charge is 2.44. The van der Waals surface area contributed by atoms with Crippen molar-refractivity contribution in [3.8, 4) is 0 Å². The fraction of sp³-hybridized carbons (Fsp3) is 0.571. The van der Waals surface area contributed by atoms with Crippen LogP contribution in [0.25, 0.3) is 0 Å². The monoisotopic (exact) mass is 201 g/mol. The van der Waals surface area contributed by atoms with E-state index in [1.165, 1.54) is 25.1 Å². The van der Waals surface area contributed by atoms with Crippen LogP contribution < -0.4 is 0 Å². The van der Waals surface area contributed by atoms with E-state index in [0.29, 0.717) is 0 Å². The standard InChI is InChI=1S/C14H19N/c1-11-7-13-9-15(10-14(11)13)8-12-5-3-2-4-6-12/h2-6,11,13-14H,7-10H2,1H3. The molecule has 0 radical (unpaired) electrons. The number of benzene rings is 1. The molecule has 15 heavy (non-hydrogen) atoms. The van der Waals surface area contributed by atoms with E-state index in [2.05, 4.69) is 42.2 Å². The summed E-state index contributed by atoms with van der Waals surface area (Å²) < 4.78 is 0. The van der Waals surface area contributed by atoms with Crippen molar-refractivity contribution in [2.24, 2.45) is 17.8 Å². The summed E-state index contributed by atoms with van der Waals surface area (Å²) >= 11 is 0. The van der Waals surface area contributed by atoms with Crippen molar-refractivity contribution in [2.45, 2.75) is 19.9 Å². The number of rotatable bonds is 2. The molecule has 3 atom stereocenters. The third kappa shape index (κ3) is 1.69. The van der Waals surface area contributed by atoms with Crippen LogP contribution in [-0.2, 0) is 6.54 Å².